The summed E-state index contributed by atoms with van der Waals surface area (Å²) in [5.41, 5.74) is 5.87. The van der Waals surface area contributed by atoms with Crippen molar-refractivity contribution in [2.75, 3.05) is 0 Å². The Labute approximate surface area is 100 Å². The summed E-state index contributed by atoms with van der Waals surface area (Å²) in [5.74, 6) is 1.47. The van der Waals surface area contributed by atoms with Gasteiger partial charge in [-0.2, -0.15) is 0 Å². The standard InChI is InChI=1S/C10H15.2Li.2H/c1-6-7(2)9(4)10(5)8(6)3;;;;/h1-5H3;;;;. The Kier molecular flexibility index (Phi) is 6.84. The summed E-state index contributed by atoms with van der Waals surface area (Å²) < 4.78 is 0. The van der Waals surface area contributed by atoms with Gasteiger partial charge in [-0.05, 0) is 38.8 Å². The topological polar surface area (TPSA) is 0 Å². The van der Waals surface area contributed by atoms with E-state index in [9.17, 15) is 0 Å². The molecule has 1 radical (unpaired) electrons. The first-order chi connectivity index (χ1) is 4.55. The average molecular weight is 151 g/mol. The van der Waals surface area contributed by atoms with Crippen LogP contribution in [-0.2, 0) is 0 Å². The second-order valence-electron chi connectivity index (χ2n) is 3.12. The van der Waals surface area contributed by atoms with Crippen LogP contribution in [0.1, 0.15) is 34.6 Å². The van der Waals surface area contributed by atoms with Gasteiger partial charge >= 0.3 is 37.7 Å². The second kappa shape index (κ2) is 5.41. The summed E-state index contributed by atoms with van der Waals surface area (Å²) in [4.78, 5) is 0. The molecule has 0 amide bonds. The fraction of sp³-hybridized carbons (Fsp3) is 0.500. The first kappa shape index (κ1) is 15.2. The van der Waals surface area contributed by atoms with Crippen LogP contribution < -0.4 is 0 Å². The number of rotatable bonds is 0. The molecule has 0 aliphatic heterocycles. The Balaban J connectivity index is 0. The molecule has 0 aromatic heterocycles. The van der Waals surface area contributed by atoms with Gasteiger partial charge in [-0.3, -0.25) is 0 Å². The molecular weight excluding hydrogens is 134 g/mol. The molecule has 1 aliphatic carbocycles. The predicted octanol–water partition coefficient (Wildman–Crippen LogP) is 1.97. The predicted molar refractivity (Wildman–Crippen MR) is 60.0 cm³/mol. The van der Waals surface area contributed by atoms with Crippen molar-refractivity contribution in [3.63, 3.8) is 0 Å². The second-order valence-corrected chi connectivity index (χ2v) is 3.12. The number of allylic oxidation sites excluding steroid dienone is 4. The van der Waals surface area contributed by atoms with Gasteiger partial charge in [-0.15, -0.1) is 0 Å². The third-order valence-electron chi connectivity index (χ3n) is 2.81. The van der Waals surface area contributed by atoms with E-state index in [0.717, 1.165) is 0 Å². The van der Waals surface area contributed by atoms with E-state index in [1.165, 1.54) is 28.2 Å². The van der Waals surface area contributed by atoms with E-state index in [0.29, 0.717) is 0 Å². The van der Waals surface area contributed by atoms with Crippen LogP contribution in [0.2, 0.25) is 0 Å². The summed E-state index contributed by atoms with van der Waals surface area (Å²) in [7, 11) is 0. The van der Waals surface area contributed by atoms with Crippen molar-refractivity contribution in [1.82, 2.24) is 0 Å². The normalized spacial score (nSPS) is 17.8. The van der Waals surface area contributed by atoms with Gasteiger partial charge in [0.1, 0.15) is 0 Å². The van der Waals surface area contributed by atoms with E-state index in [1.54, 1.807) is 0 Å². The summed E-state index contributed by atoms with van der Waals surface area (Å²) >= 11 is 0. The Bertz CT molecular complexity index is 200. The van der Waals surface area contributed by atoms with Crippen molar-refractivity contribution < 1.29 is 0 Å². The molecule has 0 atom stereocenters. The molecule has 0 fully saturated rings. The van der Waals surface area contributed by atoms with Crippen LogP contribution in [-0.4, -0.2) is 37.7 Å². The minimum absolute atomic E-state index is 0. The van der Waals surface area contributed by atoms with E-state index < -0.39 is 0 Å². The fourth-order valence-electron chi connectivity index (χ4n) is 1.41. The molecule has 0 spiro atoms. The number of hydrogen-bond acceptors (Lipinski definition) is 0. The quantitative estimate of drug-likeness (QED) is 0.464. The molecule has 0 aromatic carbocycles. The summed E-state index contributed by atoms with van der Waals surface area (Å²) in [5, 5.41) is 0. The Morgan fingerprint density at radius 2 is 0.750 bits per heavy atom. The van der Waals surface area contributed by atoms with E-state index in [-0.39, 0.29) is 37.7 Å². The Morgan fingerprint density at radius 3 is 0.833 bits per heavy atom. The average Bonchev–Trinajstić information content (AvgIpc) is 2.07. The van der Waals surface area contributed by atoms with Crippen molar-refractivity contribution in [3.05, 3.63) is 28.2 Å². The summed E-state index contributed by atoms with van der Waals surface area (Å²) in [6.45, 7) is 11.0. The van der Waals surface area contributed by atoms with Gasteiger partial charge in [-0.1, -0.05) is 18.1 Å². The van der Waals surface area contributed by atoms with Crippen LogP contribution in [0.4, 0.5) is 0 Å². The molecule has 0 heterocycles. The van der Waals surface area contributed by atoms with Gasteiger partial charge in [0.25, 0.3) is 0 Å². The van der Waals surface area contributed by atoms with Crippen molar-refractivity contribution in [2.24, 2.45) is 0 Å². The van der Waals surface area contributed by atoms with Crippen LogP contribution in [0, 0.1) is 5.92 Å². The maximum absolute atomic E-state index is 2.20. The molecule has 1 aliphatic rings. The van der Waals surface area contributed by atoms with Gasteiger partial charge in [0, 0.05) is 5.92 Å². The monoisotopic (exact) mass is 151 g/mol. The van der Waals surface area contributed by atoms with Crippen molar-refractivity contribution in [3.8, 4) is 0 Å². The summed E-state index contributed by atoms with van der Waals surface area (Å²) in [6, 6.07) is 0. The van der Waals surface area contributed by atoms with Gasteiger partial charge in [0.2, 0.25) is 0 Å². The van der Waals surface area contributed by atoms with Crippen LogP contribution >= 0.6 is 0 Å². The number of hydrogen-bond donors (Lipinski definition) is 0. The van der Waals surface area contributed by atoms with Crippen molar-refractivity contribution in [2.45, 2.75) is 34.6 Å². The first-order valence-electron chi connectivity index (χ1n) is 3.75. The molecular formula is C10H17Li2. The molecule has 12 heavy (non-hydrogen) atoms. The van der Waals surface area contributed by atoms with Crippen molar-refractivity contribution >= 4 is 37.7 Å². The summed E-state index contributed by atoms with van der Waals surface area (Å²) in [6.07, 6.45) is 0. The van der Waals surface area contributed by atoms with Crippen LogP contribution in [0.15, 0.2) is 22.3 Å². The van der Waals surface area contributed by atoms with E-state index in [2.05, 4.69) is 34.6 Å². The molecule has 0 bridgehead atoms. The molecule has 0 nitrogen and oxygen atoms in total. The van der Waals surface area contributed by atoms with Gasteiger partial charge in [-0.25, -0.2) is 0 Å². The molecule has 2 heteroatoms. The molecule has 0 aromatic rings. The third-order valence-corrected chi connectivity index (χ3v) is 2.81. The van der Waals surface area contributed by atoms with Gasteiger partial charge in [0.15, 0.2) is 0 Å². The Morgan fingerprint density at radius 1 is 0.500 bits per heavy atom. The fourth-order valence-corrected chi connectivity index (χ4v) is 1.41. The zero-order valence-corrected chi connectivity index (χ0v) is 7.50. The molecule has 59 valence electrons. The Hall–Kier alpha value is 0.675. The van der Waals surface area contributed by atoms with Crippen LogP contribution in [0.5, 0.6) is 0 Å². The van der Waals surface area contributed by atoms with E-state index in [4.69, 9.17) is 0 Å². The van der Waals surface area contributed by atoms with E-state index in [1.807, 2.05) is 0 Å². The third kappa shape index (κ3) is 2.34. The SMILES string of the molecule is C[C]1C(C)=C(C)C(C)=C1C.[LiH].[LiH]. The molecule has 0 unspecified atom stereocenters. The van der Waals surface area contributed by atoms with E-state index >= 15 is 0 Å². The zero-order valence-electron chi connectivity index (χ0n) is 7.50. The maximum atomic E-state index is 2.20. The van der Waals surface area contributed by atoms with Crippen LogP contribution in [0.3, 0.4) is 0 Å². The van der Waals surface area contributed by atoms with Gasteiger partial charge < -0.3 is 0 Å². The molecule has 0 saturated carbocycles. The minimum atomic E-state index is 0. The van der Waals surface area contributed by atoms with Crippen molar-refractivity contribution in [1.29, 1.82) is 0 Å². The zero-order chi connectivity index (χ0) is 7.89. The van der Waals surface area contributed by atoms with Crippen LogP contribution in [0.25, 0.3) is 0 Å². The van der Waals surface area contributed by atoms with Gasteiger partial charge in [0.05, 0.1) is 0 Å². The first-order valence-corrected chi connectivity index (χ1v) is 3.75. The molecule has 1 rings (SSSR count). The molecule has 0 saturated heterocycles. The molecule has 0 N–H and O–H groups in total.